The van der Waals surface area contributed by atoms with Gasteiger partial charge in [-0.2, -0.15) is 0 Å². The van der Waals surface area contributed by atoms with E-state index in [4.69, 9.17) is 9.47 Å². The molecule has 0 aromatic heterocycles. The van der Waals surface area contributed by atoms with Crippen LogP contribution in [-0.2, 0) is 19.1 Å². The SMILES string of the molecule is CCOC(=O)COCCCC[C@H]1C(=O)CC[C@@H]1CCC(O)C1CCC(C)CC1. The Morgan fingerprint density at radius 3 is 2.61 bits per heavy atom. The van der Waals surface area contributed by atoms with Crippen LogP contribution in [0.3, 0.4) is 0 Å². The molecule has 0 aromatic carbocycles. The molecule has 1 N–H and O–H groups in total. The minimum Gasteiger partial charge on any atom is -0.464 e. The monoisotopic (exact) mass is 396 g/mol. The molecule has 3 atom stereocenters. The maximum absolute atomic E-state index is 12.3. The number of aliphatic hydroxyl groups is 1. The molecule has 2 rings (SSSR count). The van der Waals surface area contributed by atoms with Gasteiger partial charge in [-0.3, -0.25) is 4.79 Å². The lowest BCUT2D eigenvalue weighted by Crippen LogP contribution is -2.26. The number of ether oxygens (including phenoxy) is 2. The second kappa shape index (κ2) is 12.6. The molecule has 0 aliphatic heterocycles. The Bertz CT molecular complexity index is 470. The number of aliphatic hydroxyl groups excluding tert-OH is 1. The van der Waals surface area contributed by atoms with Crippen LogP contribution >= 0.6 is 0 Å². The first-order valence-electron chi connectivity index (χ1n) is 11.4. The minimum atomic E-state index is -0.320. The first-order chi connectivity index (χ1) is 13.5. The van der Waals surface area contributed by atoms with Crippen molar-refractivity contribution in [2.24, 2.45) is 23.7 Å². The lowest BCUT2D eigenvalue weighted by atomic mass is 9.78. The number of Topliss-reactive ketones (excluding diaryl/α,β-unsaturated/α-hetero) is 1. The van der Waals surface area contributed by atoms with E-state index in [1.54, 1.807) is 6.92 Å². The van der Waals surface area contributed by atoms with E-state index in [9.17, 15) is 14.7 Å². The maximum atomic E-state index is 12.3. The van der Waals surface area contributed by atoms with Crippen LogP contribution in [0.15, 0.2) is 0 Å². The Morgan fingerprint density at radius 1 is 1.14 bits per heavy atom. The van der Waals surface area contributed by atoms with Crippen LogP contribution in [0.4, 0.5) is 0 Å². The molecule has 0 bridgehead atoms. The second-order valence-corrected chi connectivity index (χ2v) is 8.89. The number of ketones is 1. The summed E-state index contributed by atoms with van der Waals surface area (Å²) in [4.78, 5) is 23.5. The van der Waals surface area contributed by atoms with E-state index in [-0.39, 0.29) is 24.6 Å². The molecule has 5 heteroatoms. The molecule has 0 aromatic rings. The Kier molecular flexibility index (Phi) is 10.5. The van der Waals surface area contributed by atoms with Crippen molar-refractivity contribution in [2.75, 3.05) is 19.8 Å². The summed E-state index contributed by atoms with van der Waals surface area (Å²) < 4.78 is 10.2. The van der Waals surface area contributed by atoms with Crippen molar-refractivity contribution in [3.05, 3.63) is 0 Å². The van der Waals surface area contributed by atoms with Gasteiger partial charge < -0.3 is 14.6 Å². The van der Waals surface area contributed by atoms with Crippen molar-refractivity contribution in [1.82, 2.24) is 0 Å². The highest BCUT2D eigenvalue weighted by Gasteiger charge is 2.34. The summed E-state index contributed by atoms with van der Waals surface area (Å²) in [5, 5.41) is 10.6. The highest BCUT2D eigenvalue weighted by Crippen LogP contribution is 2.38. The third kappa shape index (κ3) is 7.82. The van der Waals surface area contributed by atoms with Crippen LogP contribution < -0.4 is 0 Å². The van der Waals surface area contributed by atoms with Gasteiger partial charge in [-0.15, -0.1) is 0 Å². The zero-order chi connectivity index (χ0) is 20.4. The molecular formula is C23H40O5. The summed E-state index contributed by atoms with van der Waals surface area (Å²) >= 11 is 0. The van der Waals surface area contributed by atoms with Crippen molar-refractivity contribution in [3.63, 3.8) is 0 Å². The summed E-state index contributed by atoms with van der Waals surface area (Å²) in [5.41, 5.74) is 0. The van der Waals surface area contributed by atoms with E-state index in [1.807, 2.05) is 0 Å². The molecule has 2 saturated carbocycles. The van der Waals surface area contributed by atoms with Gasteiger partial charge >= 0.3 is 5.97 Å². The summed E-state index contributed by atoms with van der Waals surface area (Å²) in [6, 6.07) is 0. The topological polar surface area (TPSA) is 72.8 Å². The van der Waals surface area contributed by atoms with Gasteiger partial charge in [0.05, 0.1) is 12.7 Å². The van der Waals surface area contributed by atoms with Crippen LogP contribution in [0.25, 0.3) is 0 Å². The number of unbranched alkanes of at least 4 members (excludes halogenated alkanes) is 1. The highest BCUT2D eigenvalue weighted by atomic mass is 16.6. The number of esters is 1. The molecule has 0 amide bonds. The average Bonchev–Trinajstić information content (AvgIpc) is 3.03. The van der Waals surface area contributed by atoms with E-state index >= 15 is 0 Å². The van der Waals surface area contributed by atoms with Gasteiger partial charge in [-0.25, -0.2) is 4.79 Å². The predicted molar refractivity (Wildman–Crippen MR) is 109 cm³/mol. The first kappa shape index (κ1) is 23.3. The summed E-state index contributed by atoms with van der Waals surface area (Å²) in [7, 11) is 0. The van der Waals surface area contributed by atoms with Crippen LogP contribution in [0, 0.1) is 23.7 Å². The Morgan fingerprint density at radius 2 is 1.89 bits per heavy atom. The van der Waals surface area contributed by atoms with Crippen molar-refractivity contribution >= 4 is 11.8 Å². The zero-order valence-electron chi connectivity index (χ0n) is 17.9. The van der Waals surface area contributed by atoms with Gasteiger partial charge in [0.1, 0.15) is 12.4 Å². The summed E-state index contributed by atoms with van der Waals surface area (Å²) in [6.45, 7) is 5.00. The van der Waals surface area contributed by atoms with Gasteiger partial charge in [0.25, 0.3) is 0 Å². The van der Waals surface area contributed by atoms with Gasteiger partial charge in [0.2, 0.25) is 0 Å². The predicted octanol–water partition coefficient (Wildman–Crippen LogP) is 4.30. The third-order valence-electron chi connectivity index (χ3n) is 6.76. The third-order valence-corrected chi connectivity index (χ3v) is 6.76. The molecular weight excluding hydrogens is 356 g/mol. The molecule has 0 spiro atoms. The molecule has 0 saturated heterocycles. The highest BCUT2D eigenvalue weighted by molar-refractivity contribution is 5.83. The second-order valence-electron chi connectivity index (χ2n) is 8.89. The first-order valence-corrected chi connectivity index (χ1v) is 11.4. The van der Waals surface area contributed by atoms with E-state index in [1.165, 1.54) is 12.8 Å². The van der Waals surface area contributed by atoms with E-state index in [0.717, 1.165) is 57.3 Å². The van der Waals surface area contributed by atoms with Crippen LogP contribution in [0.1, 0.15) is 84.5 Å². The van der Waals surface area contributed by atoms with Gasteiger partial charge in [-0.05, 0) is 69.6 Å². The van der Waals surface area contributed by atoms with Gasteiger partial charge in [-0.1, -0.05) is 26.2 Å². The molecule has 1 unspecified atom stereocenters. The van der Waals surface area contributed by atoms with E-state index in [0.29, 0.717) is 37.3 Å². The van der Waals surface area contributed by atoms with Gasteiger partial charge in [0, 0.05) is 18.9 Å². The largest absolute Gasteiger partial charge is 0.464 e. The van der Waals surface area contributed by atoms with E-state index in [2.05, 4.69) is 6.92 Å². The normalized spacial score (nSPS) is 29.0. The number of hydrogen-bond donors (Lipinski definition) is 1. The fraction of sp³-hybridized carbons (Fsp3) is 0.913. The number of carbonyl (C=O) groups is 2. The smallest absolute Gasteiger partial charge is 0.332 e. The van der Waals surface area contributed by atoms with Crippen LogP contribution in [0.5, 0.6) is 0 Å². The van der Waals surface area contributed by atoms with Crippen molar-refractivity contribution < 1.29 is 24.2 Å². The van der Waals surface area contributed by atoms with Crippen molar-refractivity contribution in [1.29, 1.82) is 0 Å². The molecule has 2 aliphatic carbocycles. The quantitative estimate of drug-likeness (QED) is 0.393. The van der Waals surface area contributed by atoms with Crippen LogP contribution in [-0.4, -0.2) is 42.8 Å². The minimum absolute atomic E-state index is 0.0106. The Balaban J connectivity index is 1.62. The van der Waals surface area contributed by atoms with Crippen molar-refractivity contribution in [3.8, 4) is 0 Å². The fourth-order valence-corrected chi connectivity index (χ4v) is 4.94. The Hall–Kier alpha value is -0.940. The molecule has 2 fully saturated rings. The molecule has 162 valence electrons. The lowest BCUT2D eigenvalue weighted by molar-refractivity contribution is -0.148. The Labute approximate surface area is 170 Å². The average molecular weight is 397 g/mol. The lowest BCUT2D eigenvalue weighted by Gasteiger charge is -2.30. The molecule has 2 aliphatic rings. The zero-order valence-corrected chi connectivity index (χ0v) is 17.9. The van der Waals surface area contributed by atoms with Crippen LogP contribution in [0.2, 0.25) is 0 Å². The molecule has 28 heavy (non-hydrogen) atoms. The number of hydrogen-bond acceptors (Lipinski definition) is 5. The van der Waals surface area contributed by atoms with Gasteiger partial charge in [0.15, 0.2) is 0 Å². The number of carbonyl (C=O) groups excluding carboxylic acids is 2. The van der Waals surface area contributed by atoms with E-state index < -0.39 is 0 Å². The van der Waals surface area contributed by atoms with Crippen molar-refractivity contribution in [2.45, 2.75) is 90.6 Å². The number of rotatable bonds is 12. The fourth-order valence-electron chi connectivity index (χ4n) is 4.94. The molecule has 5 nitrogen and oxygen atoms in total. The molecule has 0 heterocycles. The molecule has 0 radical (unpaired) electrons. The standard InChI is InChI=1S/C23H40O5/c1-3-28-23(26)16-27-15-5-4-6-20-18(12-14-22(20)25)11-13-21(24)19-9-7-17(2)8-10-19/h17-21,24H,3-16H2,1-2H3/t17?,18-,19?,20+,21?/m0/s1. The maximum Gasteiger partial charge on any atom is 0.332 e. The summed E-state index contributed by atoms with van der Waals surface area (Å²) in [5.74, 6) is 1.94. The summed E-state index contributed by atoms with van der Waals surface area (Å²) in [6.07, 6.45) is 10.8.